The van der Waals surface area contributed by atoms with Gasteiger partial charge in [-0.25, -0.2) is 4.98 Å². The van der Waals surface area contributed by atoms with Crippen LogP contribution in [0.4, 0.5) is 5.82 Å². The van der Waals surface area contributed by atoms with Crippen LogP contribution in [0.1, 0.15) is 45.1 Å². The van der Waals surface area contributed by atoms with Crippen molar-refractivity contribution in [2.75, 3.05) is 5.32 Å². The van der Waals surface area contributed by atoms with Gasteiger partial charge in [-0.05, 0) is 51.7 Å². The number of rotatable bonds is 3. The molecule has 1 aliphatic heterocycles. The molecule has 1 aromatic rings. The largest absolute Gasteiger partial charge is 0.309 e. The van der Waals surface area contributed by atoms with E-state index in [0.717, 1.165) is 16.6 Å². The van der Waals surface area contributed by atoms with Crippen molar-refractivity contribution in [1.29, 1.82) is 0 Å². The third-order valence-electron chi connectivity index (χ3n) is 4.50. The Labute approximate surface area is 140 Å². The Morgan fingerprint density at radius 1 is 1.48 bits per heavy atom. The van der Waals surface area contributed by atoms with E-state index in [0.29, 0.717) is 23.2 Å². The van der Waals surface area contributed by atoms with Crippen LogP contribution in [0, 0.1) is 5.41 Å². The standard InChI is InChI=1S/C15H20BrN3O.ClH/c1-8(2)9-4-5-12(16)18-13(9)19-14(20)10-6-15(3)7-11(15)17-10;/h4-5,8,10-11,17H,6-7H2,1-3H3,(H,18,19,20);1H. The van der Waals surface area contributed by atoms with E-state index in [4.69, 9.17) is 0 Å². The Bertz CT molecular complexity index is 566. The highest BCUT2D eigenvalue weighted by Crippen LogP contribution is 2.53. The summed E-state index contributed by atoms with van der Waals surface area (Å²) in [6.07, 6.45) is 2.12. The summed E-state index contributed by atoms with van der Waals surface area (Å²) in [6, 6.07) is 4.37. The number of anilines is 1. The maximum Gasteiger partial charge on any atom is 0.242 e. The summed E-state index contributed by atoms with van der Waals surface area (Å²) < 4.78 is 0.742. The summed E-state index contributed by atoms with van der Waals surface area (Å²) in [4.78, 5) is 16.8. The van der Waals surface area contributed by atoms with Crippen molar-refractivity contribution in [3.8, 4) is 0 Å². The first kappa shape index (κ1) is 16.7. The maximum atomic E-state index is 12.4. The normalized spacial score (nSPS) is 29.8. The van der Waals surface area contributed by atoms with Crippen LogP contribution in [0.5, 0.6) is 0 Å². The van der Waals surface area contributed by atoms with Crippen LogP contribution in [0.3, 0.4) is 0 Å². The molecule has 2 aliphatic rings. The number of aromatic nitrogens is 1. The lowest BCUT2D eigenvalue weighted by molar-refractivity contribution is -0.118. The Balaban J connectivity index is 0.00000161. The van der Waals surface area contributed by atoms with Crippen LogP contribution in [-0.2, 0) is 4.79 Å². The average molecular weight is 375 g/mol. The zero-order chi connectivity index (χ0) is 14.5. The van der Waals surface area contributed by atoms with Crippen molar-refractivity contribution in [2.24, 2.45) is 5.41 Å². The molecule has 2 N–H and O–H groups in total. The first-order chi connectivity index (χ1) is 9.39. The third kappa shape index (κ3) is 3.25. The Hall–Kier alpha value is -0.650. The summed E-state index contributed by atoms with van der Waals surface area (Å²) in [7, 11) is 0. The van der Waals surface area contributed by atoms with E-state index < -0.39 is 0 Å². The second-order valence-corrected chi connectivity index (χ2v) is 7.36. The molecule has 3 rings (SSSR count). The first-order valence-electron chi connectivity index (χ1n) is 7.12. The molecule has 2 heterocycles. The van der Waals surface area contributed by atoms with Crippen LogP contribution in [0.25, 0.3) is 0 Å². The smallest absolute Gasteiger partial charge is 0.242 e. The molecule has 0 aromatic carbocycles. The number of fused-ring (bicyclic) bond motifs is 1. The maximum absolute atomic E-state index is 12.4. The molecule has 116 valence electrons. The Kier molecular flexibility index (Phi) is 4.66. The molecule has 2 fully saturated rings. The van der Waals surface area contributed by atoms with Gasteiger partial charge in [0.2, 0.25) is 5.91 Å². The Morgan fingerprint density at radius 3 is 2.76 bits per heavy atom. The van der Waals surface area contributed by atoms with Gasteiger partial charge >= 0.3 is 0 Å². The molecule has 1 saturated heterocycles. The molecule has 1 aromatic heterocycles. The van der Waals surface area contributed by atoms with E-state index in [-0.39, 0.29) is 24.4 Å². The van der Waals surface area contributed by atoms with Crippen LogP contribution >= 0.6 is 28.3 Å². The second kappa shape index (κ2) is 5.86. The van der Waals surface area contributed by atoms with Crippen molar-refractivity contribution in [2.45, 2.75) is 51.6 Å². The molecule has 0 spiro atoms. The molecular weight excluding hydrogens is 354 g/mol. The molecule has 0 radical (unpaired) electrons. The van der Waals surface area contributed by atoms with E-state index in [1.807, 2.05) is 12.1 Å². The van der Waals surface area contributed by atoms with Crippen molar-refractivity contribution in [3.63, 3.8) is 0 Å². The highest BCUT2D eigenvalue weighted by molar-refractivity contribution is 9.10. The fraction of sp³-hybridized carbons (Fsp3) is 0.600. The molecule has 0 bridgehead atoms. The number of halogens is 2. The number of carbonyl (C=O) groups is 1. The summed E-state index contributed by atoms with van der Waals surface area (Å²) >= 11 is 3.37. The Morgan fingerprint density at radius 2 is 2.19 bits per heavy atom. The molecule has 1 aliphatic carbocycles. The second-order valence-electron chi connectivity index (χ2n) is 6.55. The highest BCUT2D eigenvalue weighted by Gasteiger charge is 2.58. The third-order valence-corrected chi connectivity index (χ3v) is 4.94. The van der Waals surface area contributed by atoms with Gasteiger partial charge in [-0.15, -0.1) is 12.4 Å². The van der Waals surface area contributed by atoms with Crippen LogP contribution in [0.2, 0.25) is 0 Å². The van der Waals surface area contributed by atoms with Crippen molar-refractivity contribution in [1.82, 2.24) is 10.3 Å². The van der Waals surface area contributed by atoms with Crippen molar-refractivity contribution in [3.05, 3.63) is 22.3 Å². The summed E-state index contributed by atoms with van der Waals surface area (Å²) in [5.74, 6) is 1.03. The zero-order valence-corrected chi connectivity index (χ0v) is 14.8. The molecule has 3 unspecified atom stereocenters. The van der Waals surface area contributed by atoms with E-state index in [9.17, 15) is 4.79 Å². The number of hydrogen-bond acceptors (Lipinski definition) is 3. The van der Waals surface area contributed by atoms with Gasteiger partial charge < -0.3 is 10.6 Å². The molecule has 1 saturated carbocycles. The van der Waals surface area contributed by atoms with Crippen molar-refractivity contribution < 1.29 is 4.79 Å². The van der Waals surface area contributed by atoms with E-state index in [1.54, 1.807) is 0 Å². The zero-order valence-electron chi connectivity index (χ0n) is 12.4. The average Bonchev–Trinajstić information content (AvgIpc) is 2.87. The van der Waals surface area contributed by atoms with Gasteiger partial charge in [0.15, 0.2) is 0 Å². The minimum Gasteiger partial charge on any atom is -0.309 e. The number of pyridine rings is 1. The van der Waals surface area contributed by atoms with Gasteiger partial charge in [-0.2, -0.15) is 0 Å². The fourth-order valence-corrected chi connectivity index (χ4v) is 3.35. The molecule has 4 nitrogen and oxygen atoms in total. The van der Waals surface area contributed by atoms with Gasteiger partial charge in [-0.1, -0.05) is 26.8 Å². The lowest BCUT2D eigenvalue weighted by Gasteiger charge is -2.17. The summed E-state index contributed by atoms with van der Waals surface area (Å²) in [6.45, 7) is 6.45. The first-order valence-corrected chi connectivity index (χ1v) is 7.92. The van der Waals surface area contributed by atoms with Crippen LogP contribution in [-0.4, -0.2) is 23.0 Å². The number of nitrogens with one attached hydrogen (secondary N) is 2. The van der Waals surface area contributed by atoms with Gasteiger partial charge in [0.1, 0.15) is 10.4 Å². The predicted molar refractivity (Wildman–Crippen MR) is 90.0 cm³/mol. The minimum atomic E-state index is -0.0838. The van der Waals surface area contributed by atoms with Crippen molar-refractivity contribution >= 4 is 40.1 Å². The van der Waals surface area contributed by atoms with Gasteiger partial charge in [0, 0.05) is 6.04 Å². The lowest BCUT2D eigenvalue weighted by Crippen LogP contribution is -2.38. The predicted octanol–water partition coefficient (Wildman–Crippen LogP) is 3.47. The van der Waals surface area contributed by atoms with Gasteiger partial charge in [0.25, 0.3) is 0 Å². The number of nitrogens with zero attached hydrogens (tertiary/aromatic N) is 1. The van der Waals surface area contributed by atoms with Crippen LogP contribution < -0.4 is 10.6 Å². The number of carbonyl (C=O) groups excluding carboxylic acids is 1. The lowest BCUT2D eigenvalue weighted by atomic mass is 10.0. The summed E-state index contributed by atoms with van der Waals surface area (Å²) in [5, 5.41) is 6.39. The quantitative estimate of drug-likeness (QED) is 0.797. The highest BCUT2D eigenvalue weighted by atomic mass is 79.9. The minimum absolute atomic E-state index is 0. The van der Waals surface area contributed by atoms with Gasteiger partial charge in [-0.3, -0.25) is 4.79 Å². The number of amides is 1. The SMILES string of the molecule is CC(C)c1ccc(Br)nc1NC(=O)C1CC2(C)CC2N1.Cl. The topological polar surface area (TPSA) is 54.0 Å². The molecule has 21 heavy (non-hydrogen) atoms. The van der Waals surface area contributed by atoms with Crippen LogP contribution in [0.15, 0.2) is 16.7 Å². The molecular formula is C15H21BrClN3O. The van der Waals surface area contributed by atoms with E-state index in [2.05, 4.69) is 52.3 Å². The fourth-order valence-electron chi connectivity index (χ4n) is 3.05. The van der Waals surface area contributed by atoms with Gasteiger partial charge in [0.05, 0.1) is 6.04 Å². The van der Waals surface area contributed by atoms with E-state index >= 15 is 0 Å². The van der Waals surface area contributed by atoms with E-state index in [1.165, 1.54) is 6.42 Å². The molecule has 1 amide bonds. The monoisotopic (exact) mass is 373 g/mol. The number of hydrogen-bond donors (Lipinski definition) is 2. The summed E-state index contributed by atoms with van der Waals surface area (Å²) in [5.41, 5.74) is 1.41. The molecule has 6 heteroatoms. The molecule has 3 atom stereocenters. The number of piperidine rings is 1.